The van der Waals surface area contributed by atoms with Crippen molar-refractivity contribution in [3.63, 3.8) is 0 Å². The molecule has 2 aliphatic heterocycles. The van der Waals surface area contributed by atoms with Crippen LogP contribution >= 0.6 is 0 Å². The largest absolute Gasteiger partial charge is 0.399 e. The van der Waals surface area contributed by atoms with Gasteiger partial charge in [-0.1, -0.05) is 30.8 Å². The van der Waals surface area contributed by atoms with E-state index in [-0.39, 0.29) is 0 Å². The van der Waals surface area contributed by atoms with E-state index >= 15 is 0 Å². The Morgan fingerprint density at radius 1 is 0.967 bits per heavy atom. The minimum absolute atomic E-state index is 0.575. The normalized spacial score (nSPS) is 15.9. The van der Waals surface area contributed by atoms with E-state index in [4.69, 9.17) is 15.7 Å². The molecule has 4 heterocycles. The number of rotatable bonds is 4. The highest BCUT2D eigenvalue weighted by molar-refractivity contribution is 5.77. The van der Waals surface area contributed by atoms with Crippen molar-refractivity contribution in [3.05, 3.63) is 66.5 Å². The van der Waals surface area contributed by atoms with E-state index in [1.165, 1.54) is 24.8 Å². The van der Waals surface area contributed by atoms with Gasteiger partial charge in [0.25, 0.3) is 0 Å². The number of hydrogen-bond donors (Lipinski definition) is 1. The summed E-state index contributed by atoms with van der Waals surface area (Å²) in [7, 11) is 0. The van der Waals surface area contributed by atoms with Crippen LogP contribution in [0, 0.1) is 0 Å². The third kappa shape index (κ3) is 3.38. The summed E-state index contributed by atoms with van der Waals surface area (Å²) in [4.78, 5) is 19.0. The number of aromatic nitrogens is 3. The monoisotopic (exact) mass is 398 g/mol. The number of anilines is 3. The van der Waals surface area contributed by atoms with E-state index in [2.05, 4.69) is 39.6 Å². The third-order valence-electron chi connectivity index (χ3n) is 5.94. The number of nitrogens with zero attached hydrogens (tertiary/aromatic N) is 5. The van der Waals surface area contributed by atoms with Gasteiger partial charge in [0.1, 0.15) is 5.82 Å². The molecule has 2 N–H and O–H groups in total. The van der Waals surface area contributed by atoms with Crippen molar-refractivity contribution >= 4 is 23.2 Å². The smallest absolute Gasteiger partial charge is 0.227 e. The van der Waals surface area contributed by atoms with E-state index in [0.29, 0.717) is 5.70 Å². The molecule has 0 saturated carbocycles. The quantitative estimate of drug-likeness (QED) is 0.712. The fourth-order valence-corrected chi connectivity index (χ4v) is 4.32. The van der Waals surface area contributed by atoms with Crippen LogP contribution in [0.5, 0.6) is 0 Å². The molecule has 6 nitrogen and oxygen atoms in total. The lowest BCUT2D eigenvalue weighted by Gasteiger charge is -2.28. The zero-order valence-electron chi connectivity index (χ0n) is 17.1. The van der Waals surface area contributed by atoms with E-state index in [1.54, 1.807) is 6.20 Å². The van der Waals surface area contributed by atoms with Gasteiger partial charge in [-0.05, 0) is 43.4 Å². The first-order valence-corrected chi connectivity index (χ1v) is 10.6. The van der Waals surface area contributed by atoms with Gasteiger partial charge in [0.15, 0.2) is 0 Å². The summed E-state index contributed by atoms with van der Waals surface area (Å²) in [6.07, 6.45) is 8.27. The average molecular weight is 399 g/mol. The molecule has 0 bridgehead atoms. The second kappa shape index (κ2) is 7.78. The van der Waals surface area contributed by atoms with E-state index < -0.39 is 0 Å². The molecule has 1 aromatic carbocycles. The van der Waals surface area contributed by atoms with Gasteiger partial charge < -0.3 is 15.5 Å². The number of hydrogen-bond acceptors (Lipinski definition) is 6. The molecule has 30 heavy (non-hydrogen) atoms. The first kappa shape index (κ1) is 18.6. The second-order valence-corrected chi connectivity index (χ2v) is 7.94. The topological polar surface area (TPSA) is 71.2 Å². The molecule has 0 spiro atoms. The first-order chi connectivity index (χ1) is 14.7. The summed E-state index contributed by atoms with van der Waals surface area (Å²) in [6, 6.07) is 12.3. The van der Waals surface area contributed by atoms with Crippen LogP contribution in [0.1, 0.15) is 30.4 Å². The highest BCUT2D eigenvalue weighted by atomic mass is 15.3. The Bertz CT molecular complexity index is 1060. The van der Waals surface area contributed by atoms with Crippen molar-refractivity contribution in [1.82, 2.24) is 15.0 Å². The number of benzene rings is 1. The van der Waals surface area contributed by atoms with Crippen LogP contribution in [0.15, 0.2) is 55.4 Å². The molecule has 6 heteroatoms. The van der Waals surface area contributed by atoms with Crippen LogP contribution in [0.25, 0.3) is 17.0 Å². The maximum atomic E-state index is 5.86. The Morgan fingerprint density at radius 2 is 1.77 bits per heavy atom. The predicted octanol–water partition coefficient (Wildman–Crippen LogP) is 4.15. The zero-order chi connectivity index (χ0) is 20.5. The maximum Gasteiger partial charge on any atom is 0.227 e. The standard InChI is InChI=1S/C24H26N6/c1-17(25)18-7-9-19(10-8-18)22-21-11-15-30(20-6-5-12-26-16-20)23(21)28-24(27-22)29-13-3-2-4-14-29/h5-10,12,16H,1-4,11,13-15,25H2. The third-order valence-corrected chi connectivity index (χ3v) is 5.94. The molecule has 0 radical (unpaired) electrons. The summed E-state index contributed by atoms with van der Waals surface area (Å²) in [5.74, 6) is 1.83. The van der Waals surface area contributed by atoms with Crippen molar-refractivity contribution in [2.45, 2.75) is 25.7 Å². The summed E-state index contributed by atoms with van der Waals surface area (Å²) < 4.78 is 0. The van der Waals surface area contributed by atoms with Crippen molar-refractivity contribution in [2.75, 3.05) is 29.4 Å². The average Bonchev–Trinajstić information content (AvgIpc) is 3.24. The fourth-order valence-electron chi connectivity index (χ4n) is 4.32. The molecule has 0 atom stereocenters. The van der Waals surface area contributed by atoms with Gasteiger partial charge in [-0.2, -0.15) is 4.98 Å². The van der Waals surface area contributed by atoms with E-state index in [1.807, 2.05) is 24.4 Å². The van der Waals surface area contributed by atoms with Crippen molar-refractivity contribution in [1.29, 1.82) is 0 Å². The molecule has 152 valence electrons. The van der Waals surface area contributed by atoms with Gasteiger partial charge in [0, 0.05) is 42.7 Å². The molecule has 2 aliphatic rings. The van der Waals surface area contributed by atoms with Gasteiger partial charge in [0.2, 0.25) is 5.95 Å². The lowest BCUT2D eigenvalue weighted by molar-refractivity contribution is 0.568. The minimum Gasteiger partial charge on any atom is -0.399 e. The van der Waals surface area contributed by atoms with Crippen molar-refractivity contribution in [3.8, 4) is 11.3 Å². The number of pyridine rings is 1. The molecule has 5 rings (SSSR count). The summed E-state index contributed by atoms with van der Waals surface area (Å²) in [5.41, 5.74) is 11.7. The summed E-state index contributed by atoms with van der Waals surface area (Å²) in [6.45, 7) is 6.74. The van der Waals surface area contributed by atoms with Crippen LogP contribution in [0.3, 0.4) is 0 Å². The van der Waals surface area contributed by atoms with Gasteiger partial charge >= 0.3 is 0 Å². The highest BCUT2D eigenvalue weighted by Crippen LogP contribution is 2.39. The predicted molar refractivity (Wildman–Crippen MR) is 122 cm³/mol. The molecule has 0 aliphatic carbocycles. The first-order valence-electron chi connectivity index (χ1n) is 10.6. The SMILES string of the molecule is C=C(N)c1ccc(-c2nc(N3CCCCC3)nc3c2CCN3c2cccnc2)cc1. The van der Waals surface area contributed by atoms with Gasteiger partial charge in [-0.15, -0.1) is 0 Å². The van der Waals surface area contributed by atoms with Gasteiger partial charge in [0.05, 0.1) is 17.6 Å². The molecule has 2 aromatic heterocycles. The second-order valence-electron chi connectivity index (χ2n) is 7.94. The highest BCUT2D eigenvalue weighted by Gasteiger charge is 2.29. The number of nitrogens with two attached hydrogens (primary N) is 1. The fraction of sp³-hybridized carbons (Fsp3) is 0.292. The van der Waals surface area contributed by atoms with E-state index in [0.717, 1.165) is 60.3 Å². The Morgan fingerprint density at radius 3 is 2.47 bits per heavy atom. The minimum atomic E-state index is 0.575. The molecule has 0 amide bonds. The number of piperidine rings is 1. The Kier molecular flexibility index (Phi) is 4.83. The van der Waals surface area contributed by atoms with Crippen LogP contribution in [0.4, 0.5) is 17.5 Å². The Hall–Kier alpha value is -3.41. The number of fused-ring (bicyclic) bond motifs is 1. The van der Waals surface area contributed by atoms with Crippen LogP contribution in [0.2, 0.25) is 0 Å². The van der Waals surface area contributed by atoms with Crippen LogP contribution in [-0.4, -0.2) is 34.6 Å². The Balaban J connectivity index is 1.62. The van der Waals surface area contributed by atoms with Crippen molar-refractivity contribution < 1.29 is 0 Å². The molecule has 0 unspecified atom stereocenters. The summed E-state index contributed by atoms with van der Waals surface area (Å²) >= 11 is 0. The Labute approximate surface area is 177 Å². The molecule has 1 saturated heterocycles. The maximum absolute atomic E-state index is 5.86. The van der Waals surface area contributed by atoms with Crippen LogP contribution < -0.4 is 15.5 Å². The molecule has 1 fully saturated rings. The molecular weight excluding hydrogens is 372 g/mol. The van der Waals surface area contributed by atoms with Crippen molar-refractivity contribution in [2.24, 2.45) is 5.73 Å². The lowest BCUT2D eigenvalue weighted by atomic mass is 10.0. The molecular formula is C24H26N6. The summed E-state index contributed by atoms with van der Waals surface area (Å²) in [5, 5.41) is 0. The molecule has 3 aromatic rings. The van der Waals surface area contributed by atoms with Gasteiger partial charge in [-0.25, -0.2) is 4.98 Å². The lowest BCUT2D eigenvalue weighted by Crippen LogP contribution is -2.31. The van der Waals surface area contributed by atoms with Crippen LogP contribution in [-0.2, 0) is 6.42 Å². The van der Waals surface area contributed by atoms with E-state index in [9.17, 15) is 0 Å². The van der Waals surface area contributed by atoms with Gasteiger partial charge in [-0.3, -0.25) is 4.98 Å². The zero-order valence-corrected chi connectivity index (χ0v) is 17.1.